The molecule has 0 spiro atoms. The highest BCUT2D eigenvalue weighted by Gasteiger charge is 2.26. The van der Waals surface area contributed by atoms with Gasteiger partial charge in [0.15, 0.2) is 0 Å². The van der Waals surface area contributed by atoms with Crippen molar-refractivity contribution in [3.63, 3.8) is 0 Å². The van der Waals surface area contributed by atoms with Crippen LogP contribution in [-0.4, -0.2) is 34.4 Å². The Kier molecular flexibility index (Phi) is 3.39. The fourth-order valence-corrected chi connectivity index (χ4v) is 3.04. The second-order valence-corrected chi connectivity index (χ2v) is 5.81. The van der Waals surface area contributed by atoms with Gasteiger partial charge >= 0.3 is 0 Å². The lowest BCUT2D eigenvalue weighted by atomic mass is 9.94. The molecule has 2 unspecified atom stereocenters. The molecule has 0 bridgehead atoms. The Morgan fingerprint density at radius 2 is 2.22 bits per heavy atom. The second kappa shape index (κ2) is 5.02. The topological polar surface area (TPSA) is 49.5 Å². The van der Waals surface area contributed by atoms with E-state index < -0.39 is 0 Å². The minimum absolute atomic E-state index is 0.193. The number of β-amino-alcohol motifs (C(OH)–C–C–N with tert-alkyl or cyclic N) is 1. The van der Waals surface area contributed by atoms with Crippen LogP contribution in [0.3, 0.4) is 0 Å². The molecule has 1 aromatic heterocycles. The third kappa shape index (κ3) is 2.31. The summed E-state index contributed by atoms with van der Waals surface area (Å²) < 4.78 is 5.44. The van der Waals surface area contributed by atoms with Crippen LogP contribution in [0.15, 0.2) is 4.52 Å². The van der Waals surface area contributed by atoms with Crippen molar-refractivity contribution in [3.8, 4) is 0 Å². The first-order valence-electron chi connectivity index (χ1n) is 7.11. The Hall–Kier alpha value is -0.870. The molecule has 1 aromatic rings. The van der Waals surface area contributed by atoms with E-state index in [1.807, 2.05) is 0 Å². The summed E-state index contributed by atoms with van der Waals surface area (Å²) in [6, 6.07) is 0. The maximum Gasteiger partial charge on any atom is 0.140 e. The number of fused-ring (bicyclic) bond motifs is 1. The molecule has 2 aliphatic rings. The predicted molar refractivity (Wildman–Crippen MR) is 68.2 cm³/mol. The molecule has 4 nitrogen and oxygen atoms in total. The van der Waals surface area contributed by atoms with Gasteiger partial charge in [-0.15, -0.1) is 0 Å². The van der Waals surface area contributed by atoms with E-state index in [1.165, 1.54) is 18.4 Å². The zero-order chi connectivity index (χ0) is 12.5. The van der Waals surface area contributed by atoms with E-state index in [1.54, 1.807) is 0 Å². The molecule has 18 heavy (non-hydrogen) atoms. The molecule has 2 atom stereocenters. The van der Waals surface area contributed by atoms with Gasteiger partial charge < -0.3 is 9.63 Å². The Balaban J connectivity index is 1.68. The fraction of sp³-hybridized carbons (Fsp3) is 0.786. The molecular weight excluding hydrogens is 228 g/mol. The average molecular weight is 250 g/mol. The SMILES string of the molecule is CC1CCN(Cc2noc3c2CCCC3)CC1O. The normalized spacial score (nSPS) is 29.2. The minimum atomic E-state index is -0.193. The Labute approximate surface area is 108 Å². The van der Waals surface area contributed by atoms with Crippen molar-refractivity contribution in [2.45, 2.75) is 51.7 Å². The first kappa shape index (κ1) is 12.2. The van der Waals surface area contributed by atoms with Gasteiger partial charge in [0, 0.05) is 25.1 Å². The monoisotopic (exact) mass is 250 g/mol. The van der Waals surface area contributed by atoms with E-state index in [0.29, 0.717) is 5.92 Å². The van der Waals surface area contributed by atoms with E-state index in [2.05, 4.69) is 17.0 Å². The lowest BCUT2D eigenvalue weighted by molar-refractivity contribution is 0.0250. The van der Waals surface area contributed by atoms with Crippen molar-refractivity contribution in [1.82, 2.24) is 10.1 Å². The number of hydrogen-bond acceptors (Lipinski definition) is 4. The molecule has 100 valence electrons. The average Bonchev–Trinajstić information content (AvgIpc) is 2.78. The summed E-state index contributed by atoms with van der Waals surface area (Å²) in [5.74, 6) is 1.52. The maximum atomic E-state index is 9.93. The van der Waals surface area contributed by atoms with Crippen molar-refractivity contribution in [2.24, 2.45) is 5.92 Å². The largest absolute Gasteiger partial charge is 0.392 e. The van der Waals surface area contributed by atoms with Crippen LogP contribution in [-0.2, 0) is 19.4 Å². The van der Waals surface area contributed by atoms with Crippen LogP contribution in [0.1, 0.15) is 43.2 Å². The fourth-order valence-electron chi connectivity index (χ4n) is 3.04. The molecule has 3 rings (SSSR count). The van der Waals surface area contributed by atoms with Crippen LogP contribution in [0.2, 0.25) is 0 Å². The van der Waals surface area contributed by atoms with Gasteiger partial charge in [0.1, 0.15) is 11.5 Å². The molecule has 1 fully saturated rings. The van der Waals surface area contributed by atoms with E-state index in [4.69, 9.17) is 4.52 Å². The first-order valence-corrected chi connectivity index (χ1v) is 7.11. The molecule has 0 saturated carbocycles. The van der Waals surface area contributed by atoms with Crippen LogP contribution in [0, 0.1) is 5.92 Å². The van der Waals surface area contributed by atoms with Gasteiger partial charge in [-0.2, -0.15) is 0 Å². The highest BCUT2D eigenvalue weighted by atomic mass is 16.5. The van der Waals surface area contributed by atoms with Gasteiger partial charge in [-0.3, -0.25) is 4.90 Å². The molecule has 0 radical (unpaired) electrons. The number of hydrogen-bond donors (Lipinski definition) is 1. The lowest BCUT2D eigenvalue weighted by Crippen LogP contribution is -2.42. The standard InChI is InChI=1S/C14H22N2O2/c1-10-6-7-16(9-13(10)17)8-12-11-4-2-3-5-14(11)18-15-12/h10,13,17H,2-9H2,1H3. The van der Waals surface area contributed by atoms with Gasteiger partial charge in [-0.05, 0) is 38.1 Å². The number of aryl methyl sites for hydroxylation is 1. The number of aliphatic hydroxyl groups is 1. The van der Waals surface area contributed by atoms with Crippen molar-refractivity contribution < 1.29 is 9.63 Å². The van der Waals surface area contributed by atoms with Crippen molar-refractivity contribution in [1.29, 1.82) is 0 Å². The Morgan fingerprint density at radius 1 is 1.39 bits per heavy atom. The number of piperidine rings is 1. The molecule has 2 heterocycles. The van der Waals surface area contributed by atoms with Crippen LogP contribution >= 0.6 is 0 Å². The summed E-state index contributed by atoms with van der Waals surface area (Å²) in [4.78, 5) is 2.30. The van der Waals surface area contributed by atoms with Gasteiger partial charge in [-0.1, -0.05) is 12.1 Å². The van der Waals surface area contributed by atoms with Crippen molar-refractivity contribution in [3.05, 3.63) is 17.0 Å². The zero-order valence-electron chi connectivity index (χ0n) is 11.1. The Morgan fingerprint density at radius 3 is 3.06 bits per heavy atom. The molecule has 4 heteroatoms. The lowest BCUT2D eigenvalue weighted by Gasteiger charge is -2.33. The smallest absolute Gasteiger partial charge is 0.140 e. The summed E-state index contributed by atoms with van der Waals surface area (Å²) in [5, 5.41) is 14.2. The van der Waals surface area contributed by atoms with Crippen molar-refractivity contribution in [2.75, 3.05) is 13.1 Å². The molecule has 0 aromatic carbocycles. The highest BCUT2D eigenvalue weighted by Crippen LogP contribution is 2.26. The van der Waals surface area contributed by atoms with E-state index in [0.717, 1.165) is 50.4 Å². The number of likely N-dealkylation sites (tertiary alicyclic amines) is 1. The number of nitrogens with zero attached hydrogens (tertiary/aromatic N) is 2. The van der Waals surface area contributed by atoms with Gasteiger partial charge in [0.05, 0.1) is 6.10 Å². The van der Waals surface area contributed by atoms with Crippen LogP contribution in [0.25, 0.3) is 0 Å². The minimum Gasteiger partial charge on any atom is -0.392 e. The van der Waals surface area contributed by atoms with E-state index in [-0.39, 0.29) is 6.10 Å². The predicted octanol–water partition coefficient (Wildman–Crippen LogP) is 1.76. The molecule has 1 aliphatic carbocycles. The quantitative estimate of drug-likeness (QED) is 0.869. The third-order valence-corrected chi connectivity index (χ3v) is 4.41. The number of aromatic nitrogens is 1. The summed E-state index contributed by atoms with van der Waals surface area (Å²) >= 11 is 0. The highest BCUT2D eigenvalue weighted by molar-refractivity contribution is 5.25. The summed E-state index contributed by atoms with van der Waals surface area (Å²) in [5.41, 5.74) is 2.45. The Bertz CT molecular complexity index is 416. The number of rotatable bonds is 2. The maximum absolute atomic E-state index is 9.93. The second-order valence-electron chi connectivity index (χ2n) is 5.81. The summed E-state index contributed by atoms with van der Waals surface area (Å²) in [7, 11) is 0. The van der Waals surface area contributed by atoms with Crippen LogP contribution in [0.5, 0.6) is 0 Å². The van der Waals surface area contributed by atoms with Crippen molar-refractivity contribution >= 4 is 0 Å². The molecule has 1 aliphatic heterocycles. The van der Waals surface area contributed by atoms with Crippen LogP contribution in [0.4, 0.5) is 0 Å². The van der Waals surface area contributed by atoms with Gasteiger partial charge in [-0.25, -0.2) is 0 Å². The first-order chi connectivity index (χ1) is 8.74. The van der Waals surface area contributed by atoms with E-state index >= 15 is 0 Å². The molecule has 0 amide bonds. The van der Waals surface area contributed by atoms with Crippen LogP contribution < -0.4 is 0 Å². The third-order valence-electron chi connectivity index (χ3n) is 4.41. The number of aliphatic hydroxyl groups excluding tert-OH is 1. The van der Waals surface area contributed by atoms with E-state index in [9.17, 15) is 5.11 Å². The van der Waals surface area contributed by atoms with Gasteiger partial charge in [0.2, 0.25) is 0 Å². The molecular formula is C14H22N2O2. The van der Waals surface area contributed by atoms with Gasteiger partial charge in [0.25, 0.3) is 0 Å². The zero-order valence-corrected chi connectivity index (χ0v) is 11.1. The summed E-state index contributed by atoms with van der Waals surface area (Å²) in [6.45, 7) is 4.78. The summed E-state index contributed by atoms with van der Waals surface area (Å²) in [6.07, 6.45) is 5.51. The molecule has 1 saturated heterocycles. The molecule has 1 N–H and O–H groups in total.